The van der Waals surface area contributed by atoms with Crippen LogP contribution in [0.15, 0.2) is 10.4 Å². The lowest BCUT2D eigenvalue weighted by Gasteiger charge is -2.20. The SMILES string of the molecule is CN=C(NCCNC(=O)CC1CCCCC1)NCc1nc(C(F)(F)F)cs1. The van der Waals surface area contributed by atoms with Gasteiger partial charge in [0.05, 0.1) is 6.54 Å². The van der Waals surface area contributed by atoms with Crippen LogP contribution in [0.3, 0.4) is 0 Å². The van der Waals surface area contributed by atoms with E-state index in [4.69, 9.17) is 0 Å². The quantitative estimate of drug-likeness (QED) is 0.370. The summed E-state index contributed by atoms with van der Waals surface area (Å²) >= 11 is 0.944. The van der Waals surface area contributed by atoms with Crippen molar-refractivity contribution in [1.82, 2.24) is 20.9 Å². The van der Waals surface area contributed by atoms with Gasteiger partial charge in [-0.1, -0.05) is 19.3 Å². The number of alkyl halides is 3. The molecule has 0 saturated heterocycles. The Morgan fingerprint density at radius 2 is 1.93 bits per heavy atom. The third kappa shape index (κ3) is 7.74. The van der Waals surface area contributed by atoms with Crippen molar-refractivity contribution in [2.45, 2.75) is 51.2 Å². The van der Waals surface area contributed by atoms with Crippen molar-refractivity contribution in [2.24, 2.45) is 10.9 Å². The van der Waals surface area contributed by atoms with Crippen LogP contribution in [0, 0.1) is 5.92 Å². The van der Waals surface area contributed by atoms with Gasteiger partial charge in [0.1, 0.15) is 5.01 Å². The Hall–Kier alpha value is -1.84. The molecular formula is C17H26F3N5OS. The van der Waals surface area contributed by atoms with Crippen molar-refractivity contribution in [2.75, 3.05) is 20.1 Å². The van der Waals surface area contributed by atoms with E-state index in [1.54, 1.807) is 7.05 Å². The van der Waals surface area contributed by atoms with Crippen molar-refractivity contribution in [1.29, 1.82) is 0 Å². The van der Waals surface area contributed by atoms with Gasteiger partial charge in [-0.15, -0.1) is 11.3 Å². The van der Waals surface area contributed by atoms with E-state index in [9.17, 15) is 18.0 Å². The molecule has 152 valence electrons. The first kappa shape index (κ1) is 21.5. The minimum absolute atomic E-state index is 0.0640. The molecule has 1 aromatic rings. The second-order valence-corrected chi connectivity index (χ2v) is 7.48. The number of carbonyl (C=O) groups is 1. The van der Waals surface area contributed by atoms with Gasteiger partial charge in [0, 0.05) is 31.9 Å². The molecule has 10 heteroatoms. The first-order valence-corrected chi connectivity index (χ1v) is 9.99. The van der Waals surface area contributed by atoms with E-state index in [0.717, 1.165) is 29.6 Å². The normalized spacial score (nSPS) is 16.2. The molecule has 3 N–H and O–H groups in total. The Balaban J connectivity index is 1.62. The predicted octanol–water partition coefficient (Wildman–Crippen LogP) is 2.91. The lowest BCUT2D eigenvalue weighted by Crippen LogP contribution is -2.41. The number of amides is 1. The minimum atomic E-state index is -4.43. The highest BCUT2D eigenvalue weighted by Gasteiger charge is 2.33. The maximum absolute atomic E-state index is 12.5. The molecule has 0 atom stereocenters. The first-order chi connectivity index (χ1) is 12.9. The largest absolute Gasteiger partial charge is 0.434 e. The number of rotatable bonds is 7. The van der Waals surface area contributed by atoms with Crippen LogP contribution in [-0.2, 0) is 17.5 Å². The van der Waals surface area contributed by atoms with Gasteiger partial charge in [0.15, 0.2) is 11.7 Å². The molecule has 1 heterocycles. The van der Waals surface area contributed by atoms with Crippen molar-refractivity contribution in [3.63, 3.8) is 0 Å². The Kier molecular flexibility index (Phi) is 8.33. The van der Waals surface area contributed by atoms with E-state index in [1.807, 2.05) is 0 Å². The van der Waals surface area contributed by atoms with Crippen LogP contribution in [0.2, 0.25) is 0 Å². The number of aromatic nitrogens is 1. The maximum Gasteiger partial charge on any atom is 0.434 e. The van der Waals surface area contributed by atoms with Gasteiger partial charge in [0.25, 0.3) is 0 Å². The van der Waals surface area contributed by atoms with Crippen LogP contribution >= 0.6 is 11.3 Å². The van der Waals surface area contributed by atoms with Crippen LogP contribution in [0.5, 0.6) is 0 Å². The molecular weight excluding hydrogens is 379 g/mol. The minimum Gasteiger partial charge on any atom is -0.355 e. The second-order valence-electron chi connectivity index (χ2n) is 6.53. The number of hydrogen-bond donors (Lipinski definition) is 3. The standard InChI is InChI=1S/C17H26F3N5OS/c1-21-16(24-10-15-25-13(11-27-15)17(18,19)20)23-8-7-22-14(26)9-12-5-3-2-4-6-12/h11-12H,2-10H2,1H3,(H,22,26)(H2,21,23,24). The predicted molar refractivity (Wildman–Crippen MR) is 99.5 cm³/mol. The number of hydrogen-bond acceptors (Lipinski definition) is 4. The fourth-order valence-electron chi connectivity index (χ4n) is 3.01. The summed E-state index contributed by atoms with van der Waals surface area (Å²) in [6.07, 6.45) is 2.12. The Morgan fingerprint density at radius 1 is 1.22 bits per heavy atom. The third-order valence-corrected chi connectivity index (χ3v) is 5.26. The average Bonchev–Trinajstić information content (AvgIpc) is 3.11. The molecule has 0 radical (unpaired) electrons. The topological polar surface area (TPSA) is 78.4 Å². The van der Waals surface area contributed by atoms with Crippen molar-refractivity contribution in [3.8, 4) is 0 Å². The van der Waals surface area contributed by atoms with Crippen molar-refractivity contribution < 1.29 is 18.0 Å². The molecule has 0 aliphatic heterocycles. The molecule has 1 aromatic heterocycles. The number of aliphatic imine (C=N–C) groups is 1. The molecule has 1 aliphatic carbocycles. The highest BCUT2D eigenvalue weighted by atomic mass is 32.1. The summed E-state index contributed by atoms with van der Waals surface area (Å²) in [6, 6.07) is 0. The Morgan fingerprint density at radius 3 is 2.56 bits per heavy atom. The van der Waals surface area contributed by atoms with Crippen LogP contribution < -0.4 is 16.0 Å². The van der Waals surface area contributed by atoms with Gasteiger partial charge >= 0.3 is 6.18 Å². The van der Waals surface area contributed by atoms with Gasteiger partial charge in [-0.25, -0.2) is 4.98 Å². The maximum atomic E-state index is 12.5. The number of thiazole rings is 1. The monoisotopic (exact) mass is 405 g/mol. The molecule has 1 aliphatic rings. The van der Waals surface area contributed by atoms with Crippen LogP contribution in [-0.4, -0.2) is 37.0 Å². The molecule has 0 spiro atoms. The molecule has 6 nitrogen and oxygen atoms in total. The smallest absolute Gasteiger partial charge is 0.355 e. The number of halogens is 3. The molecule has 2 rings (SSSR count). The summed E-state index contributed by atoms with van der Waals surface area (Å²) in [5.74, 6) is 1.01. The van der Waals surface area contributed by atoms with Crippen LogP contribution in [0.4, 0.5) is 13.2 Å². The Labute approximate surface area is 161 Å². The van der Waals surface area contributed by atoms with E-state index in [0.29, 0.717) is 36.4 Å². The summed E-state index contributed by atoms with van der Waals surface area (Å²) < 4.78 is 37.6. The van der Waals surface area contributed by atoms with E-state index < -0.39 is 11.9 Å². The third-order valence-electron chi connectivity index (χ3n) is 4.41. The molecule has 1 fully saturated rings. The first-order valence-electron chi connectivity index (χ1n) is 9.11. The zero-order chi connectivity index (χ0) is 19.7. The lowest BCUT2D eigenvalue weighted by atomic mass is 9.87. The van der Waals surface area contributed by atoms with Crippen LogP contribution in [0.1, 0.15) is 49.2 Å². The highest BCUT2D eigenvalue weighted by molar-refractivity contribution is 7.09. The van der Waals surface area contributed by atoms with E-state index in [-0.39, 0.29) is 12.5 Å². The van der Waals surface area contributed by atoms with Gasteiger partial charge in [-0.3, -0.25) is 9.79 Å². The highest BCUT2D eigenvalue weighted by Crippen LogP contribution is 2.30. The summed E-state index contributed by atoms with van der Waals surface area (Å²) in [7, 11) is 1.57. The molecule has 27 heavy (non-hydrogen) atoms. The summed E-state index contributed by atoms with van der Waals surface area (Å²) in [5, 5.41) is 10.1. The van der Waals surface area contributed by atoms with Gasteiger partial charge in [-0.2, -0.15) is 13.2 Å². The van der Waals surface area contributed by atoms with Gasteiger partial charge in [-0.05, 0) is 18.8 Å². The van der Waals surface area contributed by atoms with E-state index >= 15 is 0 Å². The van der Waals surface area contributed by atoms with Gasteiger partial charge < -0.3 is 16.0 Å². The number of nitrogens with one attached hydrogen (secondary N) is 3. The van der Waals surface area contributed by atoms with E-state index in [2.05, 4.69) is 25.9 Å². The number of nitrogens with zero attached hydrogens (tertiary/aromatic N) is 2. The molecule has 0 unspecified atom stereocenters. The summed E-state index contributed by atoms with van der Waals surface area (Å²) in [4.78, 5) is 19.5. The summed E-state index contributed by atoms with van der Waals surface area (Å²) in [5.41, 5.74) is -0.882. The van der Waals surface area contributed by atoms with Crippen LogP contribution in [0.25, 0.3) is 0 Å². The van der Waals surface area contributed by atoms with E-state index in [1.165, 1.54) is 19.3 Å². The Bertz CT molecular complexity index is 626. The summed E-state index contributed by atoms with van der Waals surface area (Å²) in [6.45, 7) is 1.08. The molecule has 0 bridgehead atoms. The van der Waals surface area contributed by atoms with Gasteiger partial charge in [0.2, 0.25) is 5.91 Å². The second kappa shape index (κ2) is 10.5. The fraction of sp³-hybridized carbons (Fsp3) is 0.706. The number of carbonyl (C=O) groups excluding carboxylic acids is 1. The van der Waals surface area contributed by atoms with Crippen molar-refractivity contribution in [3.05, 3.63) is 16.1 Å². The molecule has 1 amide bonds. The molecule has 1 saturated carbocycles. The average molecular weight is 405 g/mol. The zero-order valence-corrected chi connectivity index (χ0v) is 16.2. The molecule has 0 aromatic carbocycles. The lowest BCUT2D eigenvalue weighted by molar-refractivity contribution is -0.140. The fourth-order valence-corrected chi connectivity index (χ4v) is 3.75. The zero-order valence-electron chi connectivity index (χ0n) is 15.4. The van der Waals surface area contributed by atoms with Crippen molar-refractivity contribution >= 4 is 23.2 Å². The number of guanidine groups is 1.